The smallest absolute Gasteiger partial charge is 0.327 e. The average molecular weight is 292 g/mol. The van der Waals surface area contributed by atoms with E-state index in [-0.39, 0.29) is 12.2 Å². The number of carboxylic acids is 1. The maximum absolute atomic E-state index is 11.9. The molecule has 21 heavy (non-hydrogen) atoms. The van der Waals surface area contributed by atoms with Gasteiger partial charge in [-0.15, -0.1) is 12.3 Å². The Kier molecular flexibility index (Phi) is 6.50. The maximum Gasteiger partial charge on any atom is 0.327 e. The van der Waals surface area contributed by atoms with Crippen molar-refractivity contribution in [3.63, 3.8) is 0 Å². The van der Waals surface area contributed by atoms with E-state index in [4.69, 9.17) is 15.9 Å². The molecular formula is C15H20N2O4. The first-order chi connectivity index (χ1) is 10.0. The number of amides is 1. The molecule has 0 aliphatic heterocycles. The first kappa shape index (κ1) is 16.8. The number of furan rings is 1. The molecule has 0 fully saturated rings. The van der Waals surface area contributed by atoms with E-state index in [0.717, 1.165) is 13.1 Å². The zero-order valence-corrected chi connectivity index (χ0v) is 12.3. The van der Waals surface area contributed by atoms with Gasteiger partial charge in [-0.1, -0.05) is 13.8 Å². The number of hydrogen-bond donors (Lipinski definition) is 2. The zero-order valence-electron chi connectivity index (χ0n) is 12.3. The minimum Gasteiger partial charge on any atom is -0.480 e. The van der Waals surface area contributed by atoms with Gasteiger partial charge in [-0.05, 0) is 25.2 Å². The number of terminal acetylenes is 1. The van der Waals surface area contributed by atoms with Crippen LogP contribution >= 0.6 is 0 Å². The van der Waals surface area contributed by atoms with Crippen molar-refractivity contribution < 1.29 is 19.1 Å². The van der Waals surface area contributed by atoms with Crippen LogP contribution < -0.4 is 5.32 Å². The molecule has 1 aromatic rings. The van der Waals surface area contributed by atoms with Crippen LogP contribution in [0.2, 0.25) is 0 Å². The van der Waals surface area contributed by atoms with Crippen LogP contribution in [0.1, 0.15) is 36.6 Å². The van der Waals surface area contributed by atoms with Crippen molar-refractivity contribution in [1.29, 1.82) is 0 Å². The lowest BCUT2D eigenvalue weighted by molar-refractivity contribution is -0.139. The minimum atomic E-state index is -1.17. The fourth-order valence-corrected chi connectivity index (χ4v) is 1.80. The van der Waals surface area contributed by atoms with Crippen molar-refractivity contribution in [2.75, 3.05) is 13.1 Å². The van der Waals surface area contributed by atoms with E-state index in [1.807, 2.05) is 13.8 Å². The third-order valence-corrected chi connectivity index (χ3v) is 3.08. The van der Waals surface area contributed by atoms with Crippen LogP contribution in [-0.4, -0.2) is 41.0 Å². The number of carbonyl (C=O) groups is 2. The number of carboxylic acid groups (broad SMARTS) is 1. The summed E-state index contributed by atoms with van der Waals surface area (Å²) in [5.41, 5.74) is 0. The van der Waals surface area contributed by atoms with Crippen LogP contribution in [-0.2, 0) is 11.3 Å². The molecule has 1 rings (SSSR count). The van der Waals surface area contributed by atoms with E-state index in [1.165, 1.54) is 6.07 Å². The highest BCUT2D eigenvalue weighted by atomic mass is 16.4. The summed E-state index contributed by atoms with van der Waals surface area (Å²) in [5, 5.41) is 11.3. The van der Waals surface area contributed by atoms with Crippen molar-refractivity contribution in [1.82, 2.24) is 10.2 Å². The van der Waals surface area contributed by atoms with E-state index in [9.17, 15) is 9.59 Å². The summed E-state index contributed by atoms with van der Waals surface area (Å²) in [7, 11) is 0. The fraction of sp³-hybridized carbons (Fsp3) is 0.467. The summed E-state index contributed by atoms with van der Waals surface area (Å²) in [5.74, 6) is 1.21. The van der Waals surface area contributed by atoms with Crippen molar-refractivity contribution in [3.8, 4) is 12.3 Å². The number of carbonyl (C=O) groups excluding carboxylic acids is 1. The number of nitrogens with one attached hydrogen (secondary N) is 1. The fourth-order valence-electron chi connectivity index (χ4n) is 1.80. The largest absolute Gasteiger partial charge is 0.480 e. The SMILES string of the molecule is C#CCC(NC(=O)c1ccc(CN(CC)CC)o1)C(=O)O. The Morgan fingerprint density at radius 1 is 1.43 bits per heavy atom. The lowest BCUT2D eigenvalue weighted by atomic mass is 10.2. The molecule has 1 aromatic heterocycles. The van der Waals surface area contributed by atoms with Gasteiger partial charge in [0.15, 0.2) is 5.76 Å². The highest BCUT2D eigenvalue weighted by molar-refractivity contribution is 5.94. The molecule has 0 bridgehead atoms. The van der Waals surface area contributed by atoms with E-state index >= 15 is 0 Å². The molecule has 6 nitrogen and oxygen atoms in total. The lowest BCUT2D eigenvalue weighted by Crippen LogP contribution is -2.40. The predicted molar refractivity (Wildman–Crippen MR) is 77.7 cm³/mol. The number of aliphatic carboxylic acids is 1. The molecule has 0 aromatic carbocycles. The third kappa shape index (κ3) is 4.97. The van der Waals surface area contributed by atoms with Crippen molar-refractivity contribution in [3.05, 3.63) is 23.7 Å². The zero-order chi connectivity index (χ0) is 15.8. The standard InChI is InChI=1S/C15H20N2O4/c1-4-7-12(15(19)20)16-14(18)13-9-8-11(21-13)10-17(5-2)6-3/h1,8-9,12H,5-7,10H2,2-3H3,(H,16,18)(H,19,20). The van der Waals surface area contributed by atoms with Crippen LogP contribution in [0, 0.1) is 12.3 Å². The van der Waals surface area contributed by atoms with Gasteiger partial charge in [0, 0.05) is 6.42 Å². The molecule has 1 amide bonds. The maximum atomic E-state index is 11.9. The minimum absolute atomic E-state index is 0.0753. The van der Waals surface area contributed by atoms with Crippen molar-refractivity contribution in [2.45, 2.75) is 32.9 Å². The van der Waals surface area contributed by atoms with E-state index in [0.29, 0.717) is 12.3 Å². The van der Waals surface area contributed by atoms with Gasteiger partial charge in [0.2, 0.25) is 0 Å². The monoisotopic (exact) mass is 292 g/mol. The van der Waals surface area contributed by atoms with Gasteiger partial charge in [0.05, 0.1) is 6.54 Å². The second kappa shape index (κ2) is 8.12. The molecule has 0 aliphatic carbocycles. The third-order valence-electron chi connectivity index (χ3n) is 3.08. The van der Waals surface area contributed by atoms with Gasteiger partial charge in [0.1, 0.15) is 11.8 Å². The van der Waals surface area contributed by atoms with E-state index in [1.54, 1.807) is 6.07 Å². The van der Waals surface area contributed by atoms with Gasteiger partial charge in [0.25, 0.3) is 5.91 Å². The summed E-state index contributed by atoms with van der Waals surface area (Å²) in [6.07, 6.45) is 5.00. The van der Waals surface area contributed by atoms with Gasteiger partial charge in [-0.2, -0.15) is 0 Å². The Balaban J connectivity index is 2.69. The van der Waals surface area contributed by atoms with Crippen molar-refractivity contribution >= 4 is 11.9 Å². The molecule has 0 aliphatic rings. The van der Waals surface area contributed by atoms with Crippen LogP contribution in [0.15, 0.2) is 16.5 Å². The van der Waals surface area contributed by atoms with Gasteiger partial charge in [-0.3, -0.25) is 9.69 Å². The molecule has 0 radical (unpaired) electrons. The van der Waals surface area contributed by atoms with Gasteiger partial charge < -0.3 is 14.8 Å². The van der Waals surface area contributed by atoms with Crippen LogP contribution in [0.5, 0.6) is 0 Å². The lowest BCUT2D eigenvalue weighted by Gasteiger charge is -2.15. The molecule has 0 saturated heterocycles. The number of rotatable bonds is 8. The Hall–Kier alpha value is -2.26. The van der Waals surface area contributed by atoms with Crippen LogP contribution in [0.3, 0.4) is 0 Å². The summed E-state index contributed by atoms with van der Waals surface area (Å²) < 4.78 is 5.44. The molecule has 6 heteroatoms. The molecule has 114 valence electrons. The topological polar surface area (TPSA) is 82.8 Å². The summed E-state index contributed by atoms with van der Waals surface area (Å²) in [6, 6.07) is 2.13. The quantitative estimate of drug-likeness (QED) is 0.706. The Morgan fingerprint density at radius 2 is 2.10 bits per heavy atom. The molecular weight excluding hydrogens is 272 g/mol. The van der Waals surface area contributed by atoms with Crippen molar-refractivity contribution in [2.24, 2.45) is 0 Å². The van der Waals surface area contributed by atoms with E-state index < -0.39 is 17.9 Å². The van der Waals surface area contributed by atoms with Crippen LogP contribution in [0.4, 0.5) is 0 Å². The average Bonchev–Trinajstić information content (AvgIpc) is 2.92. The predicted octanol–water partition coefficient (Wildman–Crippen LogP) is 1.33. The first-order valence-corrected chi connectivity index (χ1v) is 6.80. The van der Waals surface area contributed by atoms with Crippen LogP contribution in [0.25, 0.3) is 0 Å². The molecule has 1 heterocycles. The molecule has 0 saturated carbocycles. The Bertz CT molecular complexity index is 526. The summed E-state index contributed by atoms with van der Waals surface area (Å²) in [6.45, 7) is 6.44. The number of hydrogen-bond acceptors (Lipinski definition) is 4. The van der Waals surface area contributed by atoms with Gasteiger partial charge in [-0.25, -0.2) is 4.79 Å². The second-order valence-corrected chi connectivity index (χ2v) is 4.50. The summed E-state index contributed by atoms with van der Waals surface area (Å²) >= 11 is 0. The normalized spacial score (nSPS) is 11.9. The molecule has 2 N–H and O–H groups in total. The Labute approximate surface area is 124 Å². The van der Waals surface area contributed by atoms with E-state index in [2.05, 4.69) is 16.1 Å². The Morgan fingerprint density at radius 3 is 2.62 bits per heavy atom. The highest BCUT2D eigenvalue weighted by Gasteiger charge is 2.21. The second-order valence-electron chi connectivity index (χ2n) is 4.50. The highest BCUT2D eigenvalue weighted by Crippen LogP contribution is 2.11. The number of nitrogens with zero attached hydrogens (tertiary/aromatic N) is 1. The molecule has 1 unspecified atom stereocenters. The molecule has 0 spiro atoms. The molecule has 1 atom stereocenters. The summed E-state index contributed by atoms with van der Waals surface area (Å²) in [4.78, 5) is 25.0. The first-order valence-electron chi connectivity index (χ1n) is 6.80. The van der Waals surface area contributed by atoms with Gasteiger partial charge >= 0.3 is 5.97 Å².